The molecule has 6 nitrogen and oxygen atoms in total. The topological polar surface area (TPSA) is 73.4 Å². The van der Waals surface area contributed by atoms with Crippen molar-refractivity contribution in [1.82, 2.24) is 14.7 Å². The van der Waals surface area contributed by atoms with Crippen LogP contribution < -0.4 is 5.73 Å². The highest BCUT2D eigenvalue weighted by molar-refractivity contribution is 5.85. The van der Waals surface area contributed by atoms with Gasteiger partial charge in [-0.25, -0.2) is 0 Å². The zero-order valence-corrected chi connectivity index (χ0v) is 13.7. The monoisotopic (exact) mass is 316 g/mol. The van der Waals surface area contributed by atoms with E-state index in [1.165, 1.54) is 0 Å². The summed E-state index contributed by atoms with van der Waals surface area (Å²) in [5.41, 5.74) is 7.04. The van der Waals surface area contributed by atoms with Gasteiger partial charge in [0.25, 0.3) is 0 Å². The van der Waals surface area contributed by atoms with E-state index in [-0.39, 0.29) is 30.3 Å². The normalized spacial score (nSPS) is 21.5. The van der Waals surface area contributed by atoms with Gasteiger partial charge in [-0.2, -0.15) is 5.10 Å². The lowest BCUT2D eigenvalue weighted by Crippen LogP contribution is -2.51. The molecule has 0 saturated carbocycles. The highest BCUT2D eigenvalue weighted by Gasteiger charge is 2.30. The third kappa shape index (κ3) is 4.18. The summed E-state index contributed by atoms with van der Waals surface area (Å²) in [7, 11) is 1.87. The number of halogens is 1. The Kier molecular flexibility index (Phi) is 6.64. The molecule has 120 valence electrons. The molecule has 3 unspecified atom stereocenters. The van der Waals surface area contributed by atoms with Crippen LogP contribution in [0.15, 0.2) is 12.4 Å². The van der Waals surface area contributed by atoms with E-state index < -0.39 is 6.04 Å². The summed E-state index contributed by atoms with van der Waals surface area (Å²) < 4.78 is 7.48. The lowest BCUT2D eigenvalue weighted by Gasteiger charge is -2.35. The summed E-state index contributed by atoms with van der Waals surface area (Å²) in [6.45, 7) is 5.77. The Hall–Kier alpha value is -1.11. The second-order valence-corrected chi connectivity index (χ2v) is 5.50. The van der Waals surface area contributed by atoms with Crippen LogP contribution in [0.3, 0.4) is 0 Å². The number of carbonyl (C=O) groups is 1. The first kappa shape index (κ1) is 17.9. The number of carbonyl (C=O) groups excluding carboxylic acids is 1. The predicted molar refractivity (Wildman–Crippen MR) is 83.2 cm³/mol. The van der Waals surface area contributed by atoms with E-state index >= 15 is 0 Å². The number of ether oxygens (including phenoxy) is 1. The number of amides is 1. The summed E-state index contributed by atoms with van der Waals surface area (Å²) in [5, 5.41) is 4.15. The minimum Gasteiger partial charge on any atom is -0.370 e. The molecule has 0 bridgehead atoms. The minimum atomic E-state index is -0.423. The van der Waals surface area contributed by atoms with Crippen molar-refractivity contribution in [2.75, 3.05) is 19.7 Å². The van der Waals surface area contributed by atoms with Crippen LogP contribution in [0.5, 0.6) is 0 Å². The lowest BCUT2D eigenvalue weighted by atomic mass is 9.98. The van der Waals surface area contributed by atoms with Crippen LogP contribution in [-0.4, -0.2) is 46.3 Å². The highest BCUT2D eigenvalue weighted by Crippen LogP contribution is 2.22. The Bertz CT molecular complexity index is 466. The van der Waals surface area contributed by atoms with Gasteiger partial charge in [0.2, 0.25) is 5.91 Å². The molecule has 1 fully saturated rings. The summed E-state index contributed by atoms with van der Waals surface area (Å²) in [4.78, 5) is 14.2. The van der Waals surface area contributed by atoms with Crippen molar-refractivity contribution in [2.24, 2.45) is 18.7 Å². The molecule has 1 aromatic heterocycles. The molecule has 0 spiro atoms. The van der Waals surface area contributed by atoms with Gasteiger partial charge in [0, 0.05) is 25.4 Å². The van der Waals surface area contributed by atoms with Crippen LogP contribution in [0.2, 0.25) is 0 Å². The molecule has 1 saturated heterocycles. The van der Waals surface area contributed by atoms with Crippen molar-refractivity contribution in [3.8, 4) is 0 Å². The maximum Gasteiger partial charge on any atom is 0.239 e. The molecule has 1 amide bonds. The second-order valence-electron chi connectivity index (χ2n) is 5.50. The highest BCUT2D eigenvalue weighted by atomic mass is 35.5. The third-order valence-corrected chi connectivity index (χ3v) is 4.02. The second kappa shape index (κ2) is 7.77. The molecule has 1 aromatic rings. The zero-order valence-electron chi connectivity index (χ0n) is 12.9. The molecule has 2 N–H and O–H groups in total. The molecular formula is C14H25ClN4O2. The Balaban J connectivity index is 0.00000220. The van der Waals surface area contributed by atoms with Crippen molar-refractivity contribution in [1.29, 1.82) is 0 Å². The standard InChI is InChI=1S/C14H24N4O2.ClH/c1-4-10(2)13(15)14(19)18-5-6-20-12(9-18)11-7-16-17(3)8-11;/h7-8,10,12-13H,4-6,9,15H2,1-3H3;1H. The van der Waals surface area contributed by atoms with E-state index in [1.807, 2.05) is 25.1 Å². The molecule has 0 aliphatic carbocycles. The predicted octanol–water partition coefficient (Wildman–Crippen LogP) is 1.12. The first-order chi connectivity index (χ1) is 9.52. The van der Waals surface area contributed by atoms with Crippen molar-refractivity contribution < 1.29 is 9.53 Å². The number of aromatic nitrogens is 2. The van der Waals surface area contributed by atoms with Crippen LogP contribution in [0.1, 0.15) is 31.9 Å². The molecule has 0 radical (unpaired) electrons. The molecule has 1 aliphatic rings. The quantitative estimate of drug-likeness (QED) is 0.903. The number of rotatable bonds is 4. The Morgan fingerprint density at radius 1 is 1.62 bits per heavy atom. The molecule has 2 rings (SSSR count). The van der Waals surface area contributed by atoms with Gasteiger partial charge >= 0.3 is 0 Å². The van der Waals surface area contributed by atoms with Crippen LogP contribution in [-0.2, 0) is 16.6 Å². The largest absolute Gasteiger partial charge is 0.370 e. The Morgan fingerprint density at radius 3 is 2.90 bits per heavy atom. The van der Waals surface area contributed by atoms with E-state index in [1.54, 1.807) is 10.9 Å². The molecule has 7 heteroatoms. The lowest BCUT2D eigenvalue weighted by molar-refractivity contribution is -0.141. The minimum absolute atomic E-state index is 0. The van der Waals surface area contributed by atoms with Gasteiger partial charge in [0.15, 0.2) is 0 Å². The van der Waals surface area contributed by atoms with Crippen molar-refractivity contribution >= 4 is 18.3 Å². The van der Waals surface area contributed by atoms with Gasteiger partial charge in [-0.05, 0) is 5.92 Å². The molecule has 2 heterocycles. The van der Waals surface area contributed by atoms with Gasteiger partial charge in [-0.3, -0.25) is 9.48 Å². The van der Waals surface area contributed by atoms with Crippen LogP contribution in [0.25, 0.3) is 0 Å². The van der Waals surface area contributed by atoms with Gasteiger partial charge in [-0.15, -0.1) is 12.4 Å². The molecule has 3 atom stereocenters. The average molecular weight is 317 g/mol. The van der Waals surface area contributed by atoms with E-state index in [2.05, 4.69) is 12.0 Å². The molecule has 0 aromatic carbocycles. The summed E-state index contributed by atoms with van der Waals surface area (Å²) in [6.07, 6.45) is 4.51. The SMILES string of the molecule is CCC(C)C(N)C(=O)N1CCOC(c2cnn(C)c2)C1.Cl. The van der Waals surface area contributed by atoms with E-state index in [9.17, 15) is 4.79 Å². The van der Waals surface area contributed by atoms with Crippen LogP contribution in [0, 0.1) is 5.92 Å². The van der Waals surface area contributed by atoms with Gasteiger partial charge < -0.3 is 15.4 Å². The van der Waals surface area contributed by atoms with Crippen molar-refractivity contribution in [2.45, 2.75) is 32.4 Å². The van der Waals surface area contributed by atoms with Gasteiger partial charge in [-0.1, -0.05) is 20.3 Å². The first-order valence-electron chi connectivity index (χ1n) is 7.17. The van der Waals surface area contributed by atoms with E-state index in [4.69, 9.17) is 10.5 Å². The maximum absolute atomic E-state index is 12.4. The van der Waals surface area contributed by atoms with E-state index in [0.717, 1.165) is 12.0 Å². The average Bonchev–Trinajstić information content (AvgIpc) is 2.91. The maximum atomic E-state index is 12.4. The van der Waals surface area contributed by atoms with Crippen molar-refractivity contribution in [3.05, 3.63) is 18.0 Å². The molecule has 21 heavy (non-hydrogen) atoms. The fraction of sp³-hybridized carbons (Fsp3) is 0.714. The fourth-order valence-electron chi connectivity index (χ4n) is 2.37. The summed E-state index contributed by atoms with van der Waals surface area (Å²) in [6, 6.07) is -0.423. The number of morpholine rings is 1. The number of nitrogens with zero attached hydrogens (tertiary/aromatic N) is 3. The van der Waals surface area contributed by atoms with Gasteiger partial charge in [0.05, 0.1) is 25.4 Å². The van der Waals surface area contributed by atoms with Crippen LogP contribution in [0.4, 0.5) is 0 Å². The summed E-state index contributed by atoms with van der Waals surface area (Å²) >= 11 is 0. The molecule has 1 aliphatic heterocycles. The Labute approximate surface area is 132 Å². The zero-order chi connectivity index (χ0) is 14.7. The molecular weight excluding hydrogens is 292 g/mol. The van der Waals surface area contributed by atoms with Crippen molar-refractivity contribution in [3.63, 3.8) is 0 Å². The van der Waals surface area contributed by atoms with Gasteiger partial charge in [0.1, 0.15) is 6.10 Å². The number of hydrogen-bond donors (Lipinski definition) is 1. The van der Waals surface area contributed by atoms with Crippen LogP contribution >= 0.6 is 12.4 Å². The number of aryl methyl sites for hydroxylation is 1. The first-order valence-corrected chi connectivity index (χ1v) is 7.17. The third-order valence-electron chi connectivity index (χ3n) is 4.02. The smallest absolute Gasteiger partial charge is 0.239 e. The Morgan fingerprint density at radius 2 is 2.33 bits per heavy atom. The summed E-state index contributed by atoms with van der Waals surface area (Å²) in [5.74, 6) is 0.221. The van der Waals surface area contributed by atoms with E-state index in [0.29, 0.717) is 19.7 Å². The number of hydrogen-bond acceptors (Lipinski definition) is 4. The number of nitrogens with two attached hydrogens (primary N) is 1. The fourth-order valence-corrected chi connectivity index (χ4v) is 2.37.